The number of likely N-dealkylation sites (tertiary alicyclic amines) is 1. The van der Waals surface area contributed by atoms with Crippen molar-refractivity contribution in [3.05, 3.63) is 63.9 Å². The van der Waals surface area contributed by atoms with E-state index in [-0.39, 0.29) is 11.9 Å². The zero-order valence-electron chi connectivity index (χ0n) is 17.1. The van der Waals surface area contributed by atoms with E-state index in [1.807, 2.05) is 36.4 Å². The zero-order valence-corrected chi connectivity index (χ0v) is 18.6. The maximum atomic E-state index is 12.5. The monoisotopic (exact) mass is 433 g/mol. The van der Waals surface area contributed by atoms with Crippen LogP contribution in [-0.2, 0) is 11.3 Å². The van der Waals surface area contributed by atoms with Crippen LogP contribution in [0.25, 0.3) is 0 Å². The molecule has 1 aliphatic rings. The normalized spacial score (nSPS) is 18.6. The fraction of sp³-hybridized carbons (Fsp3) is 0.478. The summed E-state index contributed by atoms with van der Waals surface area (Å²) < 4.78 is 0. The van der Waals surface area contributed by atoms with Crippen LogP contribution in [0.5, 0.6) is 0 Å². The van der Waals surface area contributed by atoms with Gasteiger partial charge in [-0.05, 0) is 61.1 Å². The van der Waals surface area contributed by atoms with E-state index in [2.05, 4.69) is 29.0 Å². The van der Waals surface area contributed by atoms with Crippen LogP contribution in [0.1, 0.15) is 50.4 Å². The molecule has 2 heterocycles. The molecule has 0 spiro atoms. The summed E-state index contributed by atoms with van der Waals surface area (Å²) in [6.45, 7) is 6.89. The number of hydrogen-bond acceptors (Lipinski definition) is 3. The average Bonchev–Trinajstić information content (AvgIpc) is 2.69. The number of nitrogens with one attached hydrogen (secondary N) is 1. The predicted molar refractivity (Wildman–Crippen MR) is 119 cm³/mol. The van der Waals surface area contributed by atoms with E-state index in [0.29, 0.717) is 28.3 Å². The van der Waals surface area contributed by atoms with Crippen molar-refractivity contribution in [2.45, 2.75) is 45.7 Å². The lowest BCUT2D eigenvalue weighted by Gasteiger charge is -2.37. The van der Waals surface area contributed by atoms with Gasteiger partial charge >= 0.3 is 0 Å². The zero-order chi connectivity index (χ0) is 20.8. The first-order valence-corrected chi connectivity index (χ1v) is 11.0. The first-order valence-electron chi connectivity index (χ1n) is 10.3. The molecule has 1 fully saturated rings. The quantitative estimate of drug-likeness (QED) is 0.626. The maximum absolute atomic E-state index is 12.5. The van der Waals surface area contributed by atoms with Gasteiger partial charge in [-0.15, -0.1) is 0 Å². The highest BCUT2D eigenvalue weighted by Gasteiger charge is 2.30. The van der Waals surface area contributed by atoms with Crippen LogP contribution in [0.4, 0.5) is 0 Å². The molecule has 156 valence electrons. The van der Waals surface area contributed by atoms with Crippen molar-refractivity contribution in [1.82, 2.24) is 15.2 Å². The van der Waals surface area contributed by atoms with E-state index in [4.69, 9.17) is 23.2 Å². The minimum atomic E-state index is -0.0703. The van der Waals surface area contributed by atoms with Crippen molar-refractivity contribution in [3.8, 4) is 0 Å². The Labute approximate surface area is 183 Å². The molecule has 0 saturated carbocycles. The van der Waals surface area contributed by atoms with E-state index in [9.17, 15) is 4.79 Å². The van der Waals surface area contributed by atoms with Gasteiger partial charge in [0.2, 0.25) is 5.91 Å². The standard InChI is InChI=1S/C23H29Cl2N3O/c1-16(2)12-22(29)27-23(21-7-3-4-10-26-21)18-6-5-11-28(15-18)14-17-8-9-19(24)20(25)13-17/h3-4,7-10,13,16,18,23H,5-6,11-12,14-15H2,1-2H3,(H,27,29). The largest absolute Gasteiger partial charge is 0.347 e. The Hall–Kier alpha value is -1.62. The first kappa shape index (κ1) is 22.1. The van der Waals surface area contributed by atoms with Gasteiger partial charge in [0.1, 0.15) is 0 Å². The van der Waals surface area contributed by atoms with E-state index in [1.165, 1.54) is 0 Å². The third-order valence-corrected chi connectivity index (χ3v) is 6.06. The number of nitrogens with zero attached hydrogens (tertiary/aromatic N) is 2. The van der Waals surface area contributed by atoms with Crippen molar-refractivity contribution in [3.63, 3.8) is 0 Å². The molecule has 6 heteroatoms. The molecule has 0 aliphatic carbocycles. The van der Waals surface area contributed by atoms with Gasteiger partial charge in [0, 0.05) is 25.7 Å². The summed E-state index contributed by atoms with van der Waals surface area (Å²) >= 11 is 12.2. The molecule has 4 nitrogen and oxygen atoms in total. The van der Waals surface area contributed by atoms with Crippen molar-refractivity contribution in [1.29, 1.82) is 0 Å². The van der Waals surface area contributed by atoms with Crippen LogP contribution in [0.15, 0.2) is 42.6 Å². The molecule has 1 aromatic carbocycles. The predicted octanol–water partition coefficient (Wildman–Crippen LogP) is 5.50. The second-order valence-electron chi connectivity index (χ2n) is 8.28. The van der Waals surface area contributed by atoms with Crippen molar-refractivity contribution in [2.24, 2.45) is 11.8 Å². The topological polar surface area (TPSA) is 45.2 Å². The van der Waals surface area contributed by atoms with Crippen LogP contribution >= 0.6 is 23.2 Å². The number of amides is 1. The molecule has 1 N–H and O–H groups in total. The SMILES string of the molecule is CC(C)CC(=O)NC(c1ccccn1)C1CCCN(Cc2ccc(Cl)c(Cl)c2)C1. The number of pyridine rings is 1. The Morgan fingerprint density at radius 2 is 2.07 bits per heavy atom. The summed E-state index contributed by atoms with van der Waals surface area (Å²) in [5.74, 6) is 0.742. The van der Waals surface area contributed by atoms with Crippen molar-refractivity contribution >= 4 is 29.1 Å². The summed E-state index contributed by atoms with van der Waals surface area (Å²) in [4.78, 5) is 19.5. The number of carbonyl (C=O) groups is 1. The molecule has 1 saturated heterocycles. The molecule has 1 aliphatic heterocycles. The molecule has 29 heavy (non-hydrogen) atoms. The van der Waals surface area contributed by atoms with E-state index in [0.717, 1.165) is 43.7 Å². The van der Waals surface area contributed by atoms with Crippen LogP contribution in [0.2, 0.25) is 10.0 Å². The third kappa shape index (κ3) is 6.43. The minimum Gasteiger partial charge on any atom is -0.347 e. The Bertz CT molecular complexity index is 813. The molecular formula is C23H29Cl2N3O. The highest BCUT2D eigenvalue weighted by Crippen LogP contribution is 2.31. The number of halogens is 2. The lowest BCUT2D eigenvalue weighted by molar-refractivity contribution is -0.123. The van der Waals surface area contributed by atoms with Crippen LogP contribution < -0.4 is 5.32 Å². The summed E-state index contributed by atoms with van der Waals surface area (Å²) in [6, 6.07) is 11.7. The van der Waals surface area contributed by atoms with Gasteiger partial charge in [-0.3, -0.25) is 14.7 Å². The molecular weight excluding hydrogens is 405 g/mol. The minimum absolute atomic E-state index is 0.0703. The maximum Gasteiger partial charge on any atom is 0.220 e. The molecule has 0 bridgehead atoms. The van der Waals surface area contributed by atoms with Gasteiger partial charge in [-0.2, -0.15) is 0 Å². The van der Waals surface area contributed by atoms with Crippen LogP contribution in [0, 0.1) is 11.8 Å². The van der Waals surface area contributed by atoms with Gasteiger partial charge < -0.3 is 5.32 Å². The lowest BCUT2D eigenvalue weighted by Crippen LogP contribution is -2.43. The van der Waals surface area contributed by atoms with Crippen LogP contribution in [0.3, 0.4) is 0 Å². The third-order valence-electron chi connectivity index (χ3n) is 5.32. The Morgan fingerprint density at radius 1 is 1.24 bits per heavy atom. The van der Waals surface area contributed by atoms with E-state index < -0.39 is 0 Å². The number of carbonyl (C=O) groups excluding carboxylic acids is 1. The van der Waals surface area contributed by atoms with Crippen molar-refractivity contribution in [2.75, 3.05) is 13.1 Å². The smallest absolute Gasteiger partial charge is 0.220 e. The fourth-order valence-corrected chi connectivity index (χ4v) is 4.32. The highest BCUT2D eigenvalue weighted by atomic mass is 35.5. The second kappa shape index (κ2) is 10.4. The number of aromatic nitrogens is 1. The van der Waals surface area contributed by atoms with Gasteiger partial charge in [0.15, 0.2) is 0 Å². The van der Waals surface area contributed by atoms with E-state index >= 15 is 0 Å². The number of rotatable bonds is 7. The fourth-order valence-electron chi connectivity index (χ4n) is 4.00. The van der Waals surface area contributed by atoms with Crippen molar-refractivity contribution < 1.29 is 4.79 Å². The number of benzene rings is 1. The van der Waals surface area contributed by atoms with Gasteiger partial charge in [0.25, 0.3) is 0 Å². The number of hydrogen-bond donors (Lipinski definition) is 1. The second-order valence-corrected chi connectivity index (χ2v) is 9.10. The van der Waals surface area contributed by atoms with Gasteiger partial charge in [-0.25, -0.2) is 0 Å². The summed E-state index contributed by atoms with van der Waals surface area (Å²) in [5, 5.41) is 4.44. The molecule has 2 aromatic rings. The van der Waals surface area contributed by atoms with Gasteiger partial charge in [-0.1, -0.05) is 49.2 Å². The summed E-state index contributed by atoms with van der Waals surface area (Å²) in [5.41, 5.74) is 2.09. The Kier molecular flexibility index (Phi) is 7.93. The summed E-state index contributed by atoms with van der Waals surface area (Å²) in [7, 11) is 0. The molecule has 0 radical (unpaired) electrons. The summed E-state index contributed by atoms with van der Waals surface area (Å²) in [6.07, 6.45) is 4.49. The van der Waals surface area contributed by atoms with Crippen LogP contribution in [-0.4, -0.2) is 28.9 Å². The average molecular weight is 434 g/mol. The Morgan fingerprint density at radius 3 is 2.76 bits per heavy atom. The number of piperidine rings is 1. The molecule has 3 rings (SSSR count). The molecule has 2 unspecified atom stereocenters. The molecule has 1 amide bonds. The lowest BCUT2D eigenvalue weighted by atomic mass is 9.88. The molecule has 2 atom stereocenters. The van der Waals surface area contributed by atoms with Gasteiger partial charge in [0.05, 0.1) is 21.8 Å². The molecule has 1 aromatic heterocycles. The highest BCUT2D eigenvalue weighted by molar-refractivity contribution is 6.42. The Balaban J connectivity index is 1.72. The van der Waals surface area contributed by atoms with E-state index in [1.54, 1.807) is 6.20 Å². The first-order chi connectivity index (χ1) is 13.9.